The van der Waals surface area contributed by atoms with Crippen molar-refractivity contribution in [3.05, 3.63) is 35.4 Å². The molecule has 1 N–H and O–H groups in total. The molecule has 3 saturated heterocycles. The number of rotatable bonds is 6. The maximum Gasteiger partial charge on any atom is 0.282 e. The quantitative estimate of drug-likeness (QED) is 0.632. The van der Waals surface area contributed by atoms with Crippen molar-refractivity contribution in [2.45, 2.75) is 38.3 Å². The summed E-state index contributed by atoms with van der Waals surface area (Å²) in [6.07, 6.45) is 2.14. The Kier molecular flexibility index (Phi) is 7.16. The lowest BCUT2D eigenvalue weighted by Gasteiger charge is -2.41. The molecule has 0 bridgehead atoms. The zero-order chi connectivity index (χ0) is 24.5. The van der Waals surface area contributed by atoms with Crippen LogP contribution in [0.5, 0.6) is 0 Å². The minimum atomic E-state index is -3.73. The Hall–Kier alpha value is -2.62. The monoisotopic (exact) mass is 495 g/mol. The molecule has 3 aliphatic heterocycles. The SMILES string of the molecule is N#CC1CN(S(=O)(=O)N2CCC[C@H](C(=O)N3CCC[C@@H]3C(=O)NCc3ccc(F)cc3F)C2)C1. The topological polar surface area (TPSA) is 114 Å². The Morgan fingerprint density at radius 3 is 2.53 bits per heavy atom. The molecule has 3 heterocycles. The average Bonchev–Trinajstić information content (AvgIpc) is 3.27. The van der Waals surface area contributed by atoms with Gasteiger partial charge in [0.1, 0.15) is 17.7 Å². The molecule has 2 amide bonds. The van der Waals surface area contributed by atoms with E-state index in [4.69, 9.17) is 5.26 Å². The van der Waals surface area contributed by atoms with Crippen LogP contribution in [0, 0.1) is 34.8 Å². The Labute approximate surface area is 197 Å². The third-order valence-electron chi connectivity index (χ3n) is 6.72. The van der Waals surface area contributed by atoms with Crippen LogP contribution in [0.2, 0.25) is 0 Å². The molecule has 3 aliphatic rings. The van der Waals surface area contributed by atoms with Gasteiger partial charge >= 0.3 is 0 Å². The number of nitriles is 1. The van der Waals surface area contributed by atoms with E-state index in [9.17, 15) is 26.8 Å². The highest BCUT2D eigenvalue weighted by Gasteiger charge is 2.44. The molecule has 0 spiro atoms. The highest BCUT2D eigenvalue weighted by molar-refractivity contribution is 7.86. The highest BCUT2D eigenvalue weighted by atomic mass is 32.2. The molecular formula is C22H27F2N5O4S. The standard InChI is InChI=1S/C22H27F2N5O4S/c23-18-6-5-16(19(24)9-18)11-26-21(30)20-4-2-8-29(20)22(31)17-3-1-7-27(14-17)34(32,33)28-12-15(10-25)13-28/h5-6,9,15,17,20H,1-4,7-8,11-14H2,(H,26,30)/t17-,20+/m0/s1. The van der Waals surface area contributed by atoms with Gasteiger partial charge in [-0.3, -0.25) is 9.59 Å². The molecule has 1 aromatic carbocycles. The largest absolute Gasteiger partial charge is 0.350 e. The lowest BCUT2D eigenvalue weighted by molar-refractivity contribution is -0.142. The third kappa shape index (κ3) is 4.92. The van der Waals surface area contributed by atoms with Crippen LogP contribution >= 0.6 is 0 Å². The van der Waals surface area contributed by atoms with Crippen molar-refractivity contribution in [1.82, 2.24) is 18.8 Å². The summed E-state index contributed by atoms with van der Waals surface area (Å²) in [5.41, 5.74) is 0.142. The molecule has 0 unspecified atom stereocenters. The third-order valence-corrected chi connectivity index (χ3v) is 8.66. The molecule has 0 aliphatic carbocycles. The predicted octanol–water partition coefficient (Wildman–Crippen LogP) is 0.984. The van der Waals surface area contributed by atoms with Crippen LogP contribution in [-0.2, 0) is 26.3 Å². The number of carbonyl (C=O) groups excluding carboxylic acids is 2. The van der Waals surface area contributed by atoms with E-state index < -0.39 is 39.7 Å². The van der Waals surface area contributed by atoms with Crippen molar-refractivity contribution in [3.63, 3.8) is 0 Å². The predicted molar refractivity (Wildman–Crippen MR) is 117 cm³/mol. The summed E-state index contributed by atoms with van der Waals surface area (Å²) in [6.45, 7) is 0.945. The summed E-state index contributed by atoms with van der Waals surface area (Å²) < 4.78 is 55.2. The van der Waals surface area contributed by atoms with Gasteiger partial charge in [-0.25, -0.2) is 8.78 Å². The van der Waals surface area contributed by atoms with Gasteiger partial charge in [-0.15, -0.1) is 0 Å². The maximum atomic E-state index is 13.9. The fourth-order valence-corrected chi connectivity index (χ4v) is 6.52. The summed E-state index contributed by atoms with van der Waals surface area (Å²) in [7, 11) is -3.73. The summed E-state index contributed by atoms with van der Waals surface area (Å²) in [4.78, 5) is 27.5. The van der Waals surface area contributed by atoms with E-state index in [0.717, 1.165) is 12.1 Å². The van der Waals surface area contributed by atoms with Crippen LogP contribution in [0.3, 0.4) is 0 Å². The van der Waals surface area contributed by atoms with Gasteiger partial charge in [-0.1, -0.05) is 6.07 Å². The minimum absolute atomic E-state index is 0.0422. The number of amides is 2. The van der Waals surface area contributed by atoms with Gasteiger partial charge in [0, 0.05) is 50.9 Å². The lowest BCUT2D eigenvalue weighted by Crippen LogP contribution is -2.57. The number of piperidine rings is 1. The van der Waals surface area contributed by atoms with Crippen molar-refractivity contribution < 1.29 is 26.8 Å². The average molecular weight is 496 g/mol. The summed E-state index contributed by atoms with van der Waals surface area (Å²) in [6, 6.07) is 4.46. The van der Waals surface area contributed by atoms with Crippen molar-refractivity contribution in [2.24, 2.45) is 11.8 Å². The summed E-state index contributed by atoms with van der Waals surface area (Å²) in [5, 5.41) is 11.5. The van der Waals surface area contributed by atoms with E-state index in [1.54, 1.807) is 0 Å². The first-order valence-corrected chi connectivity index (χ1v) is 12.8. The molecule has 0 radical (unpaired) electrons. The van der Waals surface area contributed by atoms with Crippen LogP contribution in [0.4, 0.5) is 8.78 Å². The van der Waals surface area contributed by atoms with Gasteiger partial charge in [-0.2, -0.15) is 22.3 Å². The number of hydrogen-bond acceptors (Lipinski definition) is 5. The first-order chi connectivity index (χ1) is 16.2. The van der Waals surface area contributed by atoms with Crippen LogP contribution in [-0.4, -0.2) is 72.5 Å². The molecule has 34 heavy (non-hydrogen) atoms. The van der Waals surface area contributed by atoms with E-state index in [2.05, 4.69) is 11.4 Å². The number of hydrogen-bond donors (Lipinski definition) is 1. The summed E-state index contributed by atoms with van der Waals surface area (Å²) in [5.74, 6) is -3.00. The lowest BCUT2D eigenvalue weighted by atomic mass is 9.97. The molecule has 4 rings (SSSR count). The minimum Gasteiger partial charge on any atom is -0.350 e. The molecule has 3 fully saturated rings. The van der Waals surface area contributed by atoms with Crippen molar-refractivity contribution >= 4 is 22.0 Å². The smallest absolute Gasteiger partial charge is 0.282 e. The van der Waals surface area contributed by atoms with Crippen LogP contribution in [0.25, 0.3) is 0 Å². The Morgan fingerprint density at radius 1 is 1.09 bits per heavy atom. The van der Waals surface area contributed by atoms with E-state index in [1.807, 2.05) is 0 Å². The number of likely N-dealkylation sites (tertiary alicyclic amines) is 1. The maximum absolute atomic E-state index is 13.9. The van der Waals surface area contributed by atoms with E-state index in [-0.39, 0.29) is 43.6 Å². The number of halogens is 2. The van der Waals surface area contributed by atoms with E-state index in [1.165, 1.54) is 19.6 Å². The van der Waals surface area contributed by atoms with Crippen molar-refractivity contribution in [2.75, 3.05) is 32.7 Å². The molecule has 12 heteroatoms. The fourth-order valence-electron chi connectivity index (χ4n) is 4.73. The van der Waals surface area contributed by atoms with Crippen molar-refractivity contribution in [1.29, 1.82) is 5.26 Å². The molecule has 2 atom stereocenters. The first-order valence-electron chi connectivity index (χ1n) is 11.4. The Bertz CT molecular complexity index is 1100. The van der Waals surface area contributed by atoms with Crippen molar-refractivity contribution in [3.8, 4) is 6.07 Å². The second-order valence-corrected chi connectivity index (χ2v) is 10.9. The van der Waals surface area contributed by atoms with Crippen LogP contribution in [0.1, 0.15) is 31.2 Å². The summed E-state index contributed by atoms with van der Waals surface area (Å²) >= 11 is 0. The molecule has 9 nitrogen and oxygen atoms in total. The highest BCUT2D eigenvalue weighted by Crippen LogP contribution is 2.29. The number of carbonyl (C=O) groups is 2. The van der Waals surface area contributed by atoms with E-state index in [0.29, 0.717) is 38.8 Å². The normalized spacial score (nSPS) is 24.4. The molecule has 1 aromatic rings. The van der Waals surface area contributed by atoms with Gasteiger partial charge in [0.05, 0.1) is 17.9 Å². The van der Waals surface area contributed by atoms with E-state index >= 15 is 0 Å². The van der Waals surface area contributed by atoms with Gasteiger partial charge in [-0.05, 0) is 31.7 Å². The molecular weight excluding hydrogens is 468 g/mol. The number of benzene rings is 1. The fraction of sp³-hybridized carbons (Fsp3) is 0.591. The van der Waals surface area contributed by atoms with Crippen LogP contribution < -0.4 is 5.32 Å². The number of nitrogens with zero attached hydrogens (tertiary/aromatic N) is 4. The zero-order valence-corrected chi connectivity index (χ0v) is 19.4. The van der Waals surface area contributed by atoms with Gasteiger partial charge in [0.2, 0.25) is 11.8 Å². The molecule has 184 valence electrons. The van der Waals surface area contributed by atoms with Gasteiger partial charge in [0.15, 0.2) is 0 Å². The second kappa shape index (κ2) is 9.93. The van der Waals surface area contributed by atoms with Crippen LogP contribution in [0.15, 0.2) is 18.2 Å². The Morgan fingerprint density at radius 2 is 1.82 bits per heavy atom. The first kappa shape index (κ1) is 24.5. The molecule has 0 saturated carbocycles. The second-order valence-electron chi connectivity index (χ2n) is 8.99. The zero-order valence-electron chi connectivity index (χ0n) is 18.6. The molecule has 0 aromatic heterocycles. The number of nitrogens with one attached hydrogen (secondary N) is 1. The Balaban J connectivity index is 1.36. The van der Waals surface area contributed by atoms with Gasteiger partial charge < -0.3 is 10.2 Å². The van der Waals surface area contributed by atoms with Gasteiger partial charge in [0.25, 0.3) is 10.2 Å².